The maximum atomic E-state index is 12.0. The highest BCUT2D eigenvalue weighted by atomic mass is 16.5. The molecule has 0 fully saturated rings. The number of hydrogen-bond donors (Lipinski definition) is 0. The first kappa shape index (κ1) is 19.8. The molecule has 1 atom stereocenters. The van der Waals surface area contributed by atoms with Gasteiger partial charge in [-0.25, -0.2) is 14.8 Å². The first-order chi connectivity index (χ1) is 12.7. The lowest BCUT2D eigenvalue weighted by Crippen LogP contribution is -2.07. The predicted molar refractivity (Wildman–Crippen MR) is 104 cm³/mol. The van der Waals surface area contributed by atoms with Crippen molar-refractivity contribution >= 4 is 5.97 Å². The molecule has 1 aromatic carbocycles. The molecule has 0 bridgehead atoms. The summed E-state index contributed by atoms with van der Waals surface area (Å²) in [6.07, 6.45) is 13.5. The van der Waals surface area contributed by atoms with E-state index in [1.165, 1.54) is 30.9 Å². The van der Waals surface area contributed by atoms with E-state index in [0.717, 1.165) is 24.8 Å². The van der Waals surface area contributed by atoms with Gasteiger partial charge >= 0.3 is 12.0 Å². The van der Waals surface area contributed by atoms with Gasteiger partial charge in [0.25, 0.3) is 0 Å². The Morgan fingerprint density at radius 2 is 1.81 bits per heavy atom. The molecule has 1 aromatic heterocycles. The Balaban J connectivity index is 1.85. The minimum absolute atomic E-state index is 0.102. The number of nitrogens with zero attached hydrogens (tertiary/aromatic N) is 2. The van der Waals surface area contributed by atoms with Gasteiger partial charge in [0, 0.05) is 24.4 Å². The second kappa shape index (κ2) is 11.2. The highest BCUT2D eigenvalue weighted by Crippen LogP contribution is 2.20. The van der Waals surface area contributed by atoms with Gasteiger partial charge in [0.1, 0.15) is 0 Å². The van der Waals surface area contributed by atoms with E-state index in [1.54, 1.807) is 12.4 Å². The van der Waals surface area contributed by atoms with Crippen molar-refractivity contribution in [3.05, 3.63) is 66.0 Å². The fourth-order valence-electron chi connectivity index (χ4n) is 2.78. The van der Waals surface area contributed by atoms with Gasteiger partial charge in [0.2, 0.25) is 0 Å². The van der Waals surface area contributed by atoms with Crippen LogP contribution >= 0.6 is 0 Å². The Kier molecular flexibility index (Phi) is 8.53. The fourth-order valence-corrected chi connectivity index (χ4v) is 2.78. The quantitative estimate of drug-likeness (QED) is 0.333. The summed E-state index contributed by atoms with van der Waals surface area (Å²) in [7, 11) is 0. The normalized spacial score (nSPS) is 12.2. The fraction of sp³-hybridized carbons (Fsp3) is 0.409. The van der Waals surface area contributed by atoms with Crippen LogP contribution in [0.5, 0.6) is 6.01 Å². The molecule has 0 N–H and O–H groups in total. The largest absolute Gasteiger partial charge is 0.388 e. The number of allylic oxidation sites excluding steroid dienone is 1. The van der Waals surface area contributed by atoms with Crippen LogP contribution in [0.1, 0.15) is 63.0 Å². The summed E-state index contributed by atoms with van der Waals surface area (Å²) in [6, 6.07) is 10.2. The van der Waals surface area contributed by atoms with Crippen molar-refractivity contribution in [3.8, 4) is 6.01 Å². The average Bonchev–Trinajstić information content (AvgIpc) is 2.68. The third-order valence-corrected chi connectivity index (χ3v) is 4.32. The number of esters is 1. The second-order valence-electron chi connectivity index (χ2n) is 6.39. The molecule has 4 heteroatoms. The van der Waals surface area contributed by atoms with E-state index < -0.39 is 5.97 Å². The number of unbranched alkanes of at least 4 members (excludes halogenated alkanes) is 3. The molecule has 1 heterocycles. The predicted octanol–water partition coefficient (Wildman–Crippen LogP) is 5.25. The minimum atomic E-state index is -0.449. The number of benzene rings is 1. The average molecular weight is 352 g/mol. The van der Waals surface area contributed by atoms with Gasteiger partial charge in [-0.2, -0.15) is 0 Å². The number of aryl methyl sites for hydroxylation is 1. The van der Waals surface area contributed by atoms with E-state index in [1.807, 2.05) is 24.3 Å². The lowest BCUT2D eigenvalue weighted by atomic mass is 9.96. The standard InChI is InChI=1S/C22H28N2O2/c1-3-5-6-8-11-18-16-23-22(24-17-18)26-21(25)15-14-19(4-2)20-12-9-7-10-13-20/h7,9-10,12-17,19H,3-6,8,11H2,1-2H3/b15-14+. The lowest BCUT2D eigenvalue weighted by Gasteiger charge is -2.09. The summed E-state index contributed by atoms with van der Waals surface area (Å²) in [5.74, 6) is -0.259. The number of aromatic nitrogens is 2. The van der Waals surface area contributed by atoms with Crippen LogP contribution in [-0.4, -0.2) is 15.9 Å². The van der Waals surface area contributed by atoms with Crippen LogP contribution < -0.4 is 4.74 Å². The molecule has 138 valence electrons. The first-order valence-corrected chi connectivity index (χ1v) is 9.48. The summed E-state index contributed by atoms with van der Waals surface area (Å²) in [5, 5.41) is 0. The molecular weight excluding hydrogens is 324 g/mol. The molecule has 0 saturated heterocycles. The Labute approximate surface area is 156 Å². The highest BCUT2D eigenvalue weighted by Gasteiger charge is 2.08. The smallest absolute Gasteiger partial charge is 0.338 e. The van der Waals surface area contributed by atoms with Crippen molar-refractivity contribution in [1.82, 2.24) is 9.97 Å². The zero-order valence-electron chi connectivity index (χ0n) is 15.7. The number of hydrogen-bond acceptors (Lipinski definition) is 4. The summed E-state index contributed by atoms with van der Waals surface area (Å²) >= 11 is 0. The Morgan fingerprint density at radius 3 is 2.46 bits per heavy atom. The van der Waals surface area contributed by atoms with Crippen LogP contribution in [-0.2, 0) is 11.2 Å². The maximum Gasteiger partial charge on any atom is 0.338 e. The molecule has 0 aliphatic heterocycles. The van der Waals surface area contributed by atoms with E-state index in [2.05, 4.69) is 35.9 Å². The summed E-state index contributed by atoms with van der Waals surface area (Å²) in [4.78, 5) is 20.3. The monoisotopic (exact) mass is 352 g/mol. The van der Waals surface area contributed by atoms with Crippen LogP contribution in [0.3, 0.4) is 0 Å². The van der Waals surface area contributed by atoms with Gasteiger partial charge in [-0.05, 0) is 30.4 Å². The van der Waals surface area contributed by atoms with Gasteiger partial charge in [-0.1, -0.05) is 69.5 Å². The van der Waals surface area contributed by atoms with E-state index in [4.69, 9.17) is 4.74 Å². The molecule has 2 aromatic rings. The van der Waals surface area contributed by atoms with Crippen molar-refractivity contribution in [2.45, 2.75) is 58.3 Å². The van der Waals surface area contributed by atoms with E-state index in [9.17, 15) is 4.79 Å². The van der Waals surface area contributed by atoms with E-state index in [-0.39, 0.29) is 11.9 Å². The van der Waals surface area contributed by atoms with E-state index >= 15 is 0 Å². The van der Waals surface area contributed by atoms with Crippen molar-refractivity contribution in [3.63, 3.8) is 0 Å². The van der Waals surface area contributed by atoms with Crippen LogP contribution in [0.15, 0.2) is 54.9 Å². The van der Waals surface area contributed by atoms with Crippen molar-refractivity contribution in [2.24, 2.45) is 0 Å². The van der Waals surface area contributed by atoms with Gasteiger partial charge < -0.3 is 4.74 Å². The Morgan fingerprint density at radius 1 is 1.08 bits per heavy atom. The zero-order valence-corrected chi connectivity index (χ0v) is 15.7. The molecule has 0 radical (unpaired) electrons. The van der Waals surface area contributed by atoms with E-state index in [0.29, 0.717) is 0 Å². The molecule has 0 amide bonds. The molecule has 0 aliphatic carbocycles. The minimum Gasteiger partial charge on any atom is -0.388 e. The van der Waals surface area contributed by atoms with Crippen LogP contribution in [0.25, 0.3) is 0 Å². The lowest BCUT2D eigenvalue weighted by molar-refractivity contribution is -0.129. The molecule has 0 saturated carbocycles. The van der Waals surface area contributed by atoms with Crippen molar-refractivity contribution in [1.29, 1.82) is 0 Å². The number of rotatable bonds is 10. The van der Waals surface area contributed by atoms with Gasteiger partial charge in [-0.3, -0.25) is 0 Å². The van der Waals surface area contributed by atoms with Crippen LogP contribution in [0, 0.1) is 0 Å². The summed E-state index contributed by atoms with van der Waals surface area (Å²) < 4.78 is 5.20. The van der Waals surface area contributed by atoms with Gasteiger partial charge in [0.15, 0.2) is 0 Å². The summed E-state index contributed by atoms with van der Waals surface area (Å²) in [6.45, 7) is 4.29. The maximum absolute atomic E-state index is 12.0. The number of carbonyl (C=O) groups excluding carboxylic acids is 1. The number of carbonyl (C=O) groups is 1. The Bertz CT molecular complexity index is 681. The van der Waals surface area contributed by atoms with Crippen LogP contribution in [0.2, 0.25) is 0 Å². The van der Waals surface area contributed by atoms with Crippen LogP contribution in [0.4, 0.5) is 0 Å². The third kappa shape index (κ3) is 6.79. The Hall–Kier alpha value is -2.49. The second-order valence-corrected chi connectivity index (χ2v) is 6.39. The molecule has 2 rings (SSSR count). The summed E-state index contributed by atoms with van der Waals surface area (Å²) in [5.41, 5.74) is 2.26. The molecule has 4 nitrogen and oxygen atoms in total. The highest BCUT2D eigenvalue weighted by molar-refractivity contribution is 5.83. The van der Waals surface area contributed by atoms with Crippen molar-refractivity contribution < 1.29 is 9.53 Å². The SMILES string of the molecule is CCCCCCc1cnc(OC(=O)/C=C/C(CC)c2ccccc2)nc1. The van der Waals surface area contributed by atoms with Gasteiger partial charge in [0.05, 0.1) is 0 Å². The van der Waals surface area contributed by atoms with Gasteiger partial charge in [-0.15, -0.1) is 0 Å². The molecule has 26 heavy (non-hydrogen) atoms. The topological polar surface area (TPSA) is 52.1 Å². The van der Waals surface area contributed by atoms with Crippen molar-refractivity contribution in [2.75, 3.05) is 0 Å². The molecular formula is C22H28N2O2. The third-order valence-electron chi connectivity index (χ3n) is 4.32. The molecule has 0 aliphatic rings. The molecule has 0 spiro atoms. The zero-order chi connectivity index (χ0) is 18.6. The first-order valence-electron chi connectivity index (χ1n) is 9.48. The molecule has 1 unspecified atom stereocenters. The number of ether oxygens (including phenoxy) is 1.